The lowest BCUT2D eigenvalue weighted by molar-refractivity contribution is -0.347. The second kappa shape index (κ2) is 8.41. The molecule has 11 nitrogen and oxygen atoms in total. The van der Waals surface area contributed by atoms with Gasteiger partial charge in [0.15, 0.2) is 18.8 Å². The fourth-order valence-corrected chi connectivity index (χ4v) is 4.62. The number of anilines is 3. The van der Waals surface area contributed by atoms with Gasteiger partial charge in [-0.3, -0.25) is 14.6 Å². The van der Waals surface area contributed by atoms with Crippen molar-refractivity contribution in [3.63, 3.8) is 0 Å². The second-order valence-corrected chi connectivity index (χ2v) is 8.21. The van der Waals surface area contributed by atoms with E-state index in [1.165, 1.54) is 0 Å². The zero-order valence-electron chi connectivity index (χ0n) is 18.0. The maximum atomic E-state index is 12.1. The molecule has 0 radical (unpaired) electrons. The van der Waals surface area contributed by atoms with E-state index in [0.717, 1.165) is 6.42 Å². The summed E-state index contributed by atoms with van der Waals surface area (Å²) in [6.45, 7) is -0.0756. The van der Waals surface area contributed by atoms with Crippen LogP contribution in [0.3, 0.4) is 0 Å². The Bertz CT molecular complexity index is 1240. The van der Waals surface area contributed by atoms with E-state index in [1.807, 2.05) is 6.07 Å². The highest BCUT2D eigenvalue weighted by molar-refractivity contribution is 5.84. The number of nitrogens with zero attached hydrogens (tertiary/aromatic N) is 2. The molecule has 2 heterocycles. The summed E-state index contributed by atoms with van der Waals surface area (Å²) in [7, 11) is 1.55. The van der Waals surface area contributed by atoms with Crippen molar-refractivity contribution in [2.45, 2.75) is 12.5 Å². The molecule has 5 rings (SSSR count). The number of nitrogens with two attached hydrogens (primary N) is 1. The van der Waals surface area contributed by atoms with Gasteiger partial charge in [0, 0.05) is 24.8 Å². The number of hydrogen-bond acceptors (Lipinski definition) is 7. The van der Waals surface area contributed by atoms with Gasteiger partial charge in [0.1, 0.15) is 5.75 Å². The number of amides is 2. The highest BCUT2D eigenvalue weighted by Crippen LogP contribution is 2.45. The van der Waals surface area contributed by atoms with Crippen LogP contribution in [0.2, 0.25) is 0 Å². The number of aromatic amines is 2. The molecule has 4 atom stereocenters. The molecular weight excluding hydrogens is 424 g/mol. The standard InChI is InChI=1S/C22H24N8O3/c1-24-15(31)9-33-14-4-2-3-13(8-14)27-22-29-20-18(25-10-26-20)21(30-22)28-17-12-6-5-11(7-12)16(17)19(23)32/h2-6,8,10-12,16-17H,7,9H2,1H3,(H2,23,32)(H,24,31)(H3,25,26,27,28,29,30)/p+1. The van der Waals surface area contributed by atoms with Gasteiger partial charge in [0.2, 0.25) is 11.4 Å². The Balaban J connectivity index is 1.39. The molecule has 2 amide bonds. The van der Waals surface area contributed by atoms with Crippen LogP contribution in [0, 0.1) is 17.8 Å². The predicted octanol–water partition coefficient (Wildman–Crippen LogP) is 0.728. The number of rotatable bonds is 8. The number of carbonyl (C=O) groups is 2. The van der Waals surface area contributed by atoms with Crippen molar-refractivity contribution in [1.29, 1.82) is 0 Å². The molecule has 0 aliphatic heterocycles. The van der Waals surface area contributed by atoms with Gasteiger partial charge in [-0.1, -0.05) is 23.2 Å². The van der Waals surface area contributed by atoms with Gasteiger partial charge in [-0.25, -0.2) is 4.98 Å². The Hall–Kier alpha value is -4.15. The van der Waals surface area contributed by atoms with Gasteiger partial charge in [-0.2, -0.15) is 4.98 Å². The molecule has 33 heavy (non-hydrogen) atoms. The molecule has 11 heteroatoms. The first kappa shape index (κ1) is 20.7. The summed E-state index contributed by atoms with van der Waals surface area (Å²) in [5, 5.41) is 9.14. The zero-order chi connectivity index (χ0) is 22.9. The van der Waals surface area contributed by atoms with Crippen LogP contribution in [0.25, 0.3) is 11.2 Å². The lowest BCUT2D eigenvalue weighted by atomic mass is 9.88. The molecule has 1 aromatic carbocycles. The first-order valence-corrected chi connectivity index (χ1v) is 10.7. The molecule has 2 aliphatic carbocycles. The summed E-state index contributed by atoms with van der Waals surface area (Å²) < 4.78 is 5.50. The normalized spacial score (nSPS) is 22.9. The quantitative estimate of drug-likeness (QED) is 0.317. The highest BCUT2D eigenvalue weighted by Gasteiger charge is 2.47. The van der Waals surface area contributed by atoms with Crippen molar-refractivity contribution in [2.24, 2.45) is 23.5 Å². The van der Waals surface area contributed by atoms with Gasteiger partial charge in [-0.15, -0.1) is 0 Å². The minimum Gasteiger partial charge on any atom is -0.484 e. The summed E-state index contributed by atoms with van der Waals surface area (Å²) in [6, 6.07) is 7.04. The maximum absolute atomic E-state index is 12.1. The third-order valence-electron chi connectivity index (χ3n) is 6.16. The monoisotopic (exact) mass is 449 g/mol. The minimum absolute atomic E-state index is 0.0756. The molecular formula is C22H25N8O3+. The summed E-state index contributed by atoms with van der Waals surface area (Å²) in [5.41, 5.74) is 7.72. The highest BCUT2D eigenvalue weighted by atomic mass is 16.5. The first-order valence-electron chi connectivity index (χ1n) is 10.7. The Labute approximate surface area is 189 Å². The molecule has 2 aliphatic rings. The second-order valence-electron chi connectivity index (χ2n) is 8.21. The van der Waals surface area contributed by atoms with Crippen molar-refractivity contribution < 1.29 is 19.3 Å². The van der Waals surface area contributed by atoms with Crippen LogP contribution in [0.4, 0.5) is 17.5 Å². The van der Waals surface area contributed by atoms with Crippen molar-refractivity contribution in [2.75, 3.05) is 24.3 Å². The summed E-state index contributed by atoms with van der Waals surface area (Å²) in [4.78, 5) is 38.9. The van der Waals surface area contributed by atoms with Crippen LogP contribution in [0.5, 0.6) is 5.75 Å². The molecule has 7 N–H and O–H groups in total. The molecule has 2 bridgehead atoms. The van der Waals surface area contributed by atoms with Gasteiger partial charge >= 0.3 is 11.6 Å². The fraction of sp³-hybridized carbons (Fsp3) is 0.318. The van der Waals surface area contributed by atoms with Crippen LogP contribution in [0.1, 0.15) is 6.42 Å². The van der Waals surface area contributed by atoms with Crippen LogP contribution >= 0.6 is 0 Å². The van der Waals surface area contributed by atoms with Crippen LogP contribution in [-0.2, 0) is 9.59 Å². The molecule has 170 valence electrons. The molecule has 0 spiro atoms. The van der Waals surface area contributed by atoms with Crippen LogP contribution < -0.4 is 31.4 Å². The number of aromatic nitrogens is 4. The predicted molar refractivity (Wildman–Crippen MR) is 121 cm³/mol. The third-order valence-corrected chi connectivity index (χ3v) is 6.16. The van der Waals surface area contributed by atoms with Gasteiger partial charge < -0.3 is 26.4 Å². The maximum Gasteiger partial charge on any atom is 0.307 e. The van der Waals surface area contributed by atoms with Crippen molar-refractivity contribution in [1.82, 2.24) is 20.3 Å². The number of imidazole rings is 1. The number of hydrogen-bond donors (Lipinski definition) is 5. The number of H-pyrrole nitrogens is 2. The van der Waals surface area contributed by atoms with Crippen molar-refractivity contribution in [3.05, 3.63) is 42.7 Å². The number of benzene rings is 1. The number of nitrogens with one attached hydrogen (secondary N) is 5. The van der Waals surface area contributed by atoms with Gasteiger partial charge in [0.05, 0.1) is 5.92 Å². The van der Waals surface area contributed by atoms with E-state index in [0.29, 0.717) is 34.4 Å². The van der Waals surface area contributed by atoms with Crippen LogP contribution in [0.15, 0.2) is 42.7 Å². The summed E-state index contributed by atoms with van der Waals surface area (Å²) in [5.74, 6) is 1.05. The summed E-state index contributed by atoms with van der Waals surface area (Å²) in [6.07, 6.45) is 6.81. The van der Waals surface area contributed by atoms with Gasteiger partial charge in [-0.05, 0) is 30.4 Å². The van der Waals surface area contributed by atoms with E-state index in [9.17, 15) is 9.59 Å². The average molecular weight is 449 g/mol. The molecule has 0 saturated heterocycles. The number of likely N-dealkylation sites (N-methyl/N-ethyl adjacent to an activating group) is 1. The van der Waals surface area contributed by atoms with E-state index < -0.39 is 0 Å². The fourth-order valence-electron chi connectivity index (χ4n) is 4.62. The number of allylic oxidation sites excluding steroid dienone is 1. The van der Waals surface area contributed by atoms with Gasteiger partial charge in [0.25, 0.3) is 5.91 Å². The first-order chi connectivity index (χ1) is 16.0. The third kappa shape index (κ3) is 4.04. The van der Waals surface area contributed by atoms with Crippen molar-refractivity contribution >= 4 is 40.4 Å². The molecule has 1 fully saturated rings. The largest absolute Gasteiger partial charge is 0.484 e. The SMILES string of the molecule is CNC(=O)COc1cccc(Nc2nc(NC3C4C=CC(C4)C3C(N)=O)c3[nH]c[nH+]c3n2)c1. The smallest absolute Gasteiger partial charge is 0.307 e. The molecule has 3 aromatic rings. The van der Waals surface area contributed by atoms with E-state index in [2.05, 4.69) is 48.0 Å². The molecule has 4 unspecified atom stereocenters. The lowest BCUT2D eigenvalue weighted by Gasteiger charge is -2.26. The summed E-state index contributed by atoms with van der Waals surface area (Å²) >= 11 is 0. The number of primary amides is 1. The molecule has 2 aromatic heterocycles. The molecule has 1 saturated carbocycles. The van der Waals surface area contributed by atoms with E-state index in [4.69, 9.17) is 10.5 Å². The van der Waals surface area contributed by atoms with E-state index in [-0.39, 0.29) is 42.2 Å². The Morgan fingerprint density at radius 2 is 2.12 bits per heavy atom. The number of carbonyl (C=O) groups excluding carboxylic acids is 2. The van der Waals surface area contributed by atoms with Crippen molar-refractivity contribution in [3.8, 4) is 5.75 Å². The average Bonchev–Trinajstić information content (AvgIpc) is 3.54. The Morgan fingerprint density at radius 1 is 1.27 bits per heavy atom. The van der Waals surface area contributed by atoms with E-state index in [1.54, 1.807) is 31.6 Å². The van der Waals surface area contributed by atoms with Crippen LogP contribution in [-0.4, -0.2) is 46.5 Å². The Morgan fingerprint density at radius 3 is 2.94 bits per heavy atom. The topological polar surface area (TPSA) is 161 Å². The van der Waals surface area contributed by atoms with E-state index >= 15 is 0 Å². The number of fused-ring (bicyclic) bond motifs is 3. The zero-order valence-corrected chi connectivity index (χ0v) is 18.0. The lowest BCUT2D eigenvalue weighted by Crippen LogP contribution is -2.41. The Kier molecular flexibility index (Phi) is 5.29. The minimum atomic E-state index is -0.306. The number of ether oxygens (including phenoxy) is 1.